The van der Waals surface area contributed by atoms with Crippen LogP contribution in [0.1, 0.15) is 0 Å². The molecule has 0 saturated carbocycles. The van der Waals surface area contributed by atoms with E-state index in [0.717, 1.165) is 54.5 Å². The molecule has 25 heavy (non-hydrogen) atoms. The fourth-order valence-electron chi connectivity index (χ4n) is 3.29. The Morgan fingerprint density at radius 1 is 0.840 bits per heavy atom. The lowest BCUT2D eigenvalue weighted by Gasteiger charge is -2.35. The number of aryl methyl sites for hydroxylation is 1. The minimum atomic E-state index is 0.693. The summed E-state index contributed by atoms with van der Waals surface area (Å²) in [6.07, 6.45) is 6.59. The minimum absolute atomic E-state index is 0.693. The molecule has 1 aliphatic rings. The molecule has 1 fully saturated rings. The molecule has 0 radical (unpaired) electrons. The first-order chi connectivity index (χ1) is 12.3. The van der Waals surface area contributed by atoms with Gasteiger partial charge >= 0.3 is 0 Å². The maximum Gasteiger partial charge on any atom is 0.182 e. The number of rotatable bonds is 2. The third-order valence-corrected chi connectivity index (χ3v) is 4.56. The normalized spacial score (nSPS) is 15.4. The van der Waals surface area contributed by atoms with Crippen molar-refractivity contribution in [3.8, 4) is 0 Å². The van der Waals surface area contributed by atoms with Gasteiger partial charge in [-0.25, -0.2) is 29.9 Å². The summed E-state index contributed by atoms with van der Waals surface area (Å²) in [5, 5.41) is 0. The lowest BCUT2D eigenvalue weighted by molar-refractivity contribution is 0.643. The van der Waals surface area contributed by atoms with Crippen LogP contribution in [0.15, 0.2) is 25.3 Å². The van der Waals surface area contributed by atoms with Gasteiger partial charge in [-0.1, -0.05) is 0 Å². The molecule has 1 aliphatic heterocycles. The second kappa shape index (κ2) is 5.36. The van der Waals surface area contributed by atoms with Gasteiger partial charge in [-0.3, -0.25) is 0 Å². The first kappa shape index (κ1) is 14.1. The molecule has 5 rings (SSSR count). The monoisotopic (exact) mass is 336 g/mol. The van der Waals surface area contributed by atoms with Gasteiger partial charge in [0.05, 0.1) is 12.7 Å². The minimum Gasteiger partial charge on any atom is -0.351 e. The summed E-state index contributed by atoms with van der Waals surface area (Å²) in [6.45, 7) is 3.34. The number of H-pyrrole nitrogens is 1. The predicted molar refractivity (Wildman–Crippen MR) is 92.4 cm³/mol. The summed E-state index contributed by atoms with van der Waals surface area (Å²) in [5.41, 5.74) is 3.27. The Labute approximate surface area is 142 Å². The lowest BCUT2D eigenvalue weighted by Crippen LogP contribution is -2.47. The van der Waals surface area contributed by atoms with Crippen molar-refractivity contribution >= 4 is 34.0 Å². The number of nitrogens with one attached hydrogen (secondary N) is 1. The maximum atomic E-state index is 4.46. The number of aromatic nitrogens is 8. The van der Waals surface area contributed by atoms with Crippen molar-refractivity contribution in [1.82, 2.24) is 39.5 Å². The van der Waals surface area contributed by atoms with Crippen LogP contribution in [0.4, 0.5) is 11.6 Å². The van der Waals surface area contributed by atoms with E-state index in [-0.39, 0.29) is 0 Å². The van der Waals surface area contributed by atoms with E-state index in [2.05, 4.69) is 44.7 Å². The van der Waals surface area contributed by atoms with Crippen LogP contribution in [0.25, 0.3) is 22.3 Å². The van der Waals surface area contributed by atoms with E-state index in [9.17, 15) is 0 Å². The predicted octanol–water partition coefficient (Wildman–Crippen LogP) is 0.356. The number of hydrogen-bond acceptors (Lipinski definition) is 8. The van der Waals surface area contributed by atoms with Gasteiger partial charge in [-0.05, 0) is 0 Å². The molecule has 1 saturated heterocycles. The van der Waals surface area contributed by atoms with Crippen LogP contribution in [0.5, 0.6) is 0 Å². The summed E-state index contributed by atoms with van der Waals surface area (Å²) >= 11 is 0. The molecule has 0 unspecified atom stereocenters. The van der Waals surface area contributed by atoms with Gasteiger partial charge < -0.3 is 19.4 Å². The van der Waals surface area contributed by atoms with Crippen LogP contribution in [-0.4, -0.2) is 65.6 Å². The van der Waals surface area contributed by atoms with Gasteiger partial charge in [0, 0.05) is 33.2 Å². The average molecular weight is 336 g/mol. The van der Waals surface area contributed by atoms with E-state index >= 15 is 0 Å². The van der Waals surface area contributed by atoms with Crippen molar-refractivity contribution in [2.24, 2.45) is 7.05 Å². The Hall–Kier alpha value is -3.30. The molecule has 1 N–H and O–H groups in total. The van der Waals surface area contributed by atoms with Crippen LogP contribution in [0.2, 0.25) is 0 Å². The van der Waals surface area contributed by atoms with E-state index in [1.165, 1.54) is 0 Å². The second-order valence-electron chi connectivity index (χ2n) is 6.00. The van der Waals surface area contributed by atoms with Crippen molar-refractivity contribution < 1.29 is 0 Å². The third kappa shape index (κ3) is 2.17. The first-order valence-electron chi connectivity index (χ1n) is 8.07. The van der Waals surface area contributed by atoms with Crippen molar-refractivity contribution in [2.75, 3.05) is 36.0 Å². The van der Waals surface area contributed by atoms with Crippen LogP contribution in [0, 0.1) is 0 Å². The molecule has 126 valence electrons. The van der Waals surface area contributed by atoms with Crippen molar-refractivity contribution in [1.29, 1.82) is 0 Å². The topological polar surface area (TPSA) is 105 Å². The number of imidazole rings is 2. The number of hydrogen-bond donors (Lipinski definition) is 1. The van der Waals surface area contributed by atoms with Crippen molar-refractivity contribution in [2.45, 2.75) is 0 Å². The van der Waals surface area contributed by atoms with E-state index < -0.39 is 0 Å². The molecule has 0 aromatic carbocycles. The Bertz CT molecular complexity index is 1040. The average Bonchev–Trinajstić information content (AvgIpc) is 3.28. The van der Waals surface area contributed by atoms with Crippen LogP contribution in [-0.2, 0) is 7.05 Å². The molecule has 4 aromatic heterocycles. The SMILES string of the molecule is Cn1cnc2c(N3CCN(c4ncnc5nc[nH]c45)CC3)ncnc21. The molecule has 10 heteroatoms. The molecule has 0 aliphatic carbocycles. The third-order valence-electron chi connectivity index (χ3n) is 4.56. The molecule has 0 spiro atoms. The number of fused-ring (bicyclic) bond motifs is 2. The van der Waals surface area contributed by atoms with Gasteiger partial charge in [0.2, 0.25) is 0 Å². The van der Waals surface area contributed by atoms with E-state index in [4.69, 9.17) is 0 Å². The highest BCUT2D eigenvalue weighted by Crippen LogP contribution is 2.25. The quantitative estimate of drug-likeness (QED) is 0.559. The van der Waals surface area contributed by atoms with Gasteiger partial charge in [0.25, 0.3) is 0 Å². The standard InChI is InChI=1S/C15H16N10/c1-23-9-22-11-13(23)19-8-21-15(11)25-4-2-24(3-5-25)14-10-12(17-6-16-10)18-7-20-14/h6-9H,2-5H2,1H3,(H,16,17,18,20). The summed E-state index contributed by atoms with van der Waals surface area (Å²) in [6, 6.07) is 0. The number of piperazine rings is 1. The first-order valence-corrected chi connectivity index (χ1v) is 8.07. The lowest BCUT2D eigenvalue weighted by atomic mass is 10.3. The fourth-order valence-corrected chi connectivity index (χ4v) is 3.29. The van der Waals surface area contributed by atoms with Gasteiger partial charge in [0.15, 0.2) is 28.4 Å². The Morgan fingerprint density at radius 2 is 1.56 bits per heavy atom. The molecular formula is C15H16N10. The van der Waals surface area contributed by atoms with Gasteiger partial charge in [0.1, 0.15) is 18.2 Å². The summed E-state index contributed by atoms with van der Waals surface area (Å²) in [4.78, 5) is 33.7. The van der Waals surface area contributed by atoms with E-state index in [0.29, 0.717) is 5.65 Å². The summed E-state index contributed by atoms with van der Waals surface area (Å²) < 4.78 is 1.91. The molecule has 0 amide bonds. The molecular weight excluding hydrogens is 320 g/mol. The summed E-state index contributed by atoms with van der Waals surface area (Å²) in [5.74, 6) is 1.78. The van der Waals surface area contributed by atoms with Crippen molar-refractivity contribution in [3.63, 3.8) is 0 Å². The van der Waals surface area contributed by atoms with Crippen LogP contribution >= 0.6 is 0 Å². The van der Waals surface area contributed by atoms with Gasteiger partial charge in [-0.2, -0.15) is 0 Å². The fraction of sp³-hybridized carbons (Fsp3) is 0.333. The largest absolute Gasteiger partial charge is 0.351 e. The highest BCUT2D eigenvalue weighted by molar-refractivity contribution is 5.84. The Balaban J connectivity index is 1.42. The molecule has 5 heterocycles. The zero-order valence-corrected chi connectivity index (χ0v) is 13.7. The zero-order chi connectivity index (χ0) is 16.8. The Kier molecular flexibility index (Phi) is 3.02. The smallest absolute Gasteiger partial charge is 0.182 e. The second-order valence-corrected chi connectivity index (χ2v) is 6.00. The highest BCUT2D eigenvalue weighted by Gasteiger charge is 2.23. The number of nitrogens with zero attached hydrogens (tertiary/aromatic N) is 9. The van der Waals surface area contributed by atoms with Crippen LogP contribution in [0.3, 0.4) is 0 Å². The Morgan fingerprint density at radius 3 is 2.40 bits per heavy atom. The zero-order valence-electron chi connectivity index (χ0n) is 13.7. The molecule has 4 aromatic rings. The molecule has 0 bridgehead atoms. The number of aromatic amines is 1. The maximum absolute atomic E-state index is 4.46. The van der Waals surface area contributed by atoms with Crippen molar-refractivity contribution in [3.05, 3.63) is 25.3 Å². The summed E-state index contributed by atoms with van der Waals surface area (Å²) in [7, 11) is 1.94. The molecule has 0 atom stereocenters. The van der Waals surface area contributed by atoms with E-state index in [1.807, 2.05) is 11.6 Å². The highest BCUT2D eigenvalue weighted by atomic mass is 15.3. The van der Waals surface area contributed by atoms with E-state index in [1.54, 1.807) is 25.3 Å². The van der Waals surface area contributed by atoms with Gasteiger partial charge in [-0.15, -0.1) is 0 Å². The van der Waals surface area contributed by atoms with Crippen LogP contribution < -0.4 is 9.80 Å². The number of anilines is 2. The molecule has 10 nitrogen and oxygen atoms in total.